The highest BCUT2D eigenvalue weighted by molar-refractivity contribution is 5.97. The van der Waals surface area contributed by atoms with Gasteiger partial charge in [0.2, 0.25) is 5.91 Å². The van der Waals surface area contributed by atoms with E-state index in [1.807, 2.05) is 0 Å². The highest BCUT2D eigenvalue weighted by Gasteiger charge is 2.28. The second-order valence-corrected chi connectivity index (χ2v) is 3.50. The maximum atomic E-state index is 11.5. The summed E-state index contributed by atoms with van der Waals surface area (Å²) < 4.78 is 0. The van der Waals surface area contributed by atoms with Gasteiger partial charge >= 0.3 is 6.03 Å². The largest absolute Gasteiger partial charge is 0.341 e. The summed E-state index contributed by atoms with van der Waals surface area (Å²) in [5.41, 5.74) is 0. The predicted octanol–water partition coefficient (Wildman–Crippen LogP) is -0.895. The number of carbonyl (C=O) groups excluding carboxylic acids is 3. The number of urea groups is 1. The Kier molecular flexibility index (Phi) is 3.79. The van der Waals surface area contributed by atoms with Crippen molar-refractivity contribution in [2.24, 2.45) is 0 Å². The van der Waals surface area contributed by atoms with Gasteiger partial charge in [0.05, 0.1) is 12.6 Å². The summed E-state index contributed by atoms with van der Waals surface area (Å²) in [5, 5.41) is 4.47. The summed E-state index contributed by atoms with van der Waals surface area (Å²) >= 11 is 0. The van der Waals surface area contributed by atoms with Crippen molar-refractivity contribution in [2.45, 2.75) is 19.4 Å². The van der Waals surface area contributed by atoms with Crippen molar-refractivity contribution in [3.8, 4) is 0 Å². The monoisotopic (exact) mass is 213 g/mol. The van der Waals surface area contributed by atoms with E-state index < -0.39 is 12.1 Å². The van der Waals surface area contributed by atoms with Crippen LogP contribution in [0.4, 0.5) is 4.79 Å². The number of ketones is 1. The molecule has 0 saturated carbocycles. The fraction of sp³-hybridized carbons (Fsp3) is 0.667. The van der Waals surface area contributed by atoms with Gasteiger partial charge in [-0.2, -0.15) is 0 Å². The molecule has 0 aliphatic carbocycles. The number of hydrogen-bond acceptors (Lipinski definition) is 4. The van der Waals surface area contributed by atoms with E-state index in [0.717, 1.165) is 0 Å². The van der Waals surface area contributed by atoms with Crippen LogP contribution >= 0.6 is 0 Å². The molecule has 1 aliphatic heterocycles. The average Bonchev–Trinajstić information content (AvgIpc) is 2.63. The van der Waals surface area contributed by atoms with Crippen LogP contribution in [0.15, 0.2) is 0 Å². The predicted molar refractivity (Wildman–Crippen MR) is 53.3 cm³/mol. The quantitative estimate of drug-likeness (QED) is 0.623. The molecule has 1 fully saturated rings. The molecule has 0 radical (unpaired) electrons. The van der Waals surface area contributed by atoms with E-state index in [1.165, 1.54) is 7.05 Å². The summed E-state index contributed by atoms with van der Waals surface area (Å²) in [6.07, 6.45) is 0.484. The highest BCUT2D eigenvalue weighted by Crippen LogP contribution is 2.08. The van der Waals surface area contributed by atoms with Gasteiger partial charge in [0.1, 0.15) is 5.78 Å². The molecule has 1 aliphatic rings. The molecule has 1 heterocycles. The van der Waals surface area contributed by atoms with Gasteiger partial charge in [0.25, 0.3) is 0 Å². The maximum Gasteiger partial charge on any atom is 0.321 e. The van der Waals surface area contributed by atoms with E-state index in [2.05, 4.69) is 10.6 Å². The molecular weight excluding hydrogens is 198 g/mol. The van der Waals surface area contributed by atoms with Crippen LogP contribution in [-0.4, -0.2) is 48.8 Å². The van der Waals surface area contributed by atoms with Crippen LogP contribution in [0, 0.1) is 0 Å². The van der Waals surface area contributed by atoms with E-state index in [1.54, 1.807) is 11.8 Å². The number of hydrogen-bond donors (Lipinski definition) is 2. The maximum absolute atomic E-state index is 11.5. The fourth-order valence-corrected chi connectivity index (χ4v) is 1.43. The standard InChI is InChI=1S/C9H15N3O3/c1-6(8(14)11-9(15)10-2)12-4-3-7(13)5-12/h6H,3-5H2,1-2H3,(H2,10,11,14,15). The average molecular weight is 213 g/mol. The van der Waals surface area contributed by atoms with Gasteiger partial charge in [0, 0.05) is 20.0 Å². The van der Waals surface area contributed by atoms with Crippen molar-refractivity contribution >= 4 is 17.7 Å². The Labute approximate surface area is 88.0 Å². The summed E-state index contributed by atoms with van der Waals surface area (Å²) in [4.78, 5) is 35.1. The normalized spacial score (nSPS) is 18.7. The van der Waals surface area contributed by atoms with Crippen molar-refractivity contribution in [1.29, 1.82) is 0 Å². The van der Waals surface area contributed by atoms with E-state index in [-0.39, 0.29) is 11.7 Å². The molecule has 3 amide bonds. The lowest BCUT2D eigenvalue weighted by atomic mass is 10.3. The smallest absolute Gasteiger partial charge is 0.321 e. The molecule has 0 aromatic carbocycles. The molecule has 6 nitrogen and oxygen atoms in total. The zero-order valence-electron chi connectivity index (χ0n) is 8.87. The topological polar surface area (TPSA) is 78.5 Å². The van der Waals surface area contributed by atoms with Crippen LogP contribution in [0.3, 0.4) is 0 Å². The third-order valence-corrected chi connectivity index (χ3v) is 2.45. The second kappa shape index (κ2) is 4.88. The Bertz CT molecular complexity index is 290. The van der Waals surface area contributed by atoms with Crippen molar-refractivity contribution in [3.05, 3.63) is 0 Å². The first kappa shape index (κ1) is 11.6. The Morgan fingerprint density at radius 3 is 2.60 bits per heavy atom. The molecule has 1 unspecified atom stereocenters. The van der Waals surface area contributed by atoms with Crippen LogP contribution in [-0.2, 0) is 9.59 Å². The van der Waals surface area contributed by atoms with Crippen LogP contribution in [0.1, 0.15) is 13.3 Å². The van der Waals surface area contributed by atoms with Gasteiger partial charge in [-0.15, -0.1) is 0 Å². The first-order chi connectivity index (χ1) is 7.04. The van der Waals surface area contributed by atoms with E-state index in [9.17, 15) is 14.4 Å². The zero-order chi connectivity index (χ0) is 11.4. The lowest BCUT2D eigenvalue weighted by molar-refractivity contribution is -0.124. The third kappa shape index (κ3) is 3.02. The first-order valence-electron chi connectivity index (χ1n) is 4.83. The zero-order valence-corrected chi connectivity index (χ0v) is 8.87. The molecule has 0 aromatic heterocycles. The molecule has 84 valence electrons. The minimum atomic E-state index is -0.530. The minimum absolute atomic E-state index is 0.134. The summed E-state index contributed by atoms with van der Waals surface area (Å²) in [6, 6.07) is -0.980. The Morgan fingerprint density at radius 2 is 2.13 bits per heavy atom. The van der Waals surface area contributed by atoms with Gasteiger partial charge in [0.15, 0.2) is 0 Å². The first-order valence-corrected chi connectivity index (χ1v) is 4.83. The summed E-state index contributed by atoms with van der Waals surface area (Å²) in [6.45, 7) is 2.56. The van der Waals surface area contributed by atoms with Crippen LogP contribution in [0.25, 0.3) is 0 Å². The Balaban J connectivity index is 2.45. The van der Waals surface area contributed by atoms with Crippen molar-refractivity contribution in [2.75, 3.05) is 20.1 Å². The molecule has 0 bridgehead atoms. The number of carbonyl (C=O) groups is 3. The van der Waals surface area contributed by atoms with Gasteiger partial charge < -0.3 is 5.32 Å². The number of Topliss-reactive ketones (excluding diaryl/α,β-unsaturated/α-hetero) is 1. The van der Waals surface area contributed by atoms with Gasteiger partial charge in [-0.1, -0.05) is 0 Å². The highest BCUT2D eigenvalue weighted by atomic mass is 16.2. The molecule has 15 heavy (non-hydrogen) atoms. The molecule has 1 rings (SSSR count). The van der Waals surface area contributed by atoms with Crippen molar-refractivity contribution in [3.63, 3.8) is 0 Å². The molecule has 2 N–H and O–H groups in total. The number of amides is 3. The minimum Gasteiger partial charge on any atom is -0.341 e. The number of likely N-dealkylation sites (tertiary alicyclic amines) is 1. The number of rotatable bonds is 2. The molecular formula is C9H15N3O3. The number of nitrogens with one attached hydrogen (secondary N) is 2. The molecule has 0 aromatic rings. The number of nitrogens with zero attached hydrogens (tertiary/aromatic N) is 1. The summed E-state index contributed by atoms with van der Waals surface area (Å²) in [5.74, 6) is -0.251. The van der Waals surface area contributed by atoms with Crippen molar-refractivity contribution in [1.82, 2.24) is 15.5 Å². The van der Waals surface area contributed by atoms with Gasteiger partial charge in [-0.25, -0.2) is 4.79 Å². The van der Waals surface area contributed by atoms with Crippen LogP contribution < -0.4 is 10.6 Å². The Morgan fingerprint density at radius 1 is 1.47 bits per heavy atom. The molecule has 1 saturated heterocycles. The van der Waals surface area contributed by atoms with Crippen LogP contribution in [0.5, 0.6) is 0 Å². The second-order valence-electron chi connectivity index (χ2n) is 3.50. The van der Waals surface area contributed by atoms with Crippen molar-refractivity contribution < 1.29 is 14.4 Å². The van der Waals surface area contributed by atoms with Gasteiger partial charge in [-0.3, -0.25) is 19.8 Å². The Hall–Kier alpha value is -1.43. The number of imide groups is 1. The van der Waals surface area contributed by atoms with E-state index >= 15 is 0 Å². The lowest BCUT2D eigenvalue weighted by Gasteiger charge is -2.21. The van der Waals surface area contributed by atoms with E-state index in [0.29, 0.717) is 19.5 Å². The SMILES string of the molecule is CNC(=O)NC(=O)C(C)N1CCC(=O)C1. The molecule has 0 spiro atoms. The van der Waals surface area contributed by atoms with Gasteiger partial charge in [-0.05, 0) is 6.92 Å². The van der Waals surface area contributed by atoms with E-state index in [4.69, 9.17) is 0 Å². The molecule has 6 heteroatoms. The third-order valence-electron chi connectivity index (χ3n) is 2.45. The lowest BCUT2D eigenvalue weighted by Crippen LogP contribution is -2.48. The fourth-order valence-electron chi connectivity index (χ4n) is 1.43. The van der Waals surface area contributed by atoms with Crippen LogP contribution in [0.2, 0.25) is 0 Å². The molecule has 1 atom stereocenters. The summed E-state index contributed by atoms with van der Waals surface area (Å²) in [7, 11) is 1.44.